The number of nitrogens with zero attached hydrogens (tertiary/aromatic N) is 4. The number of carbonyl (C=O) groups excluding carboxylic acids is 1. The van der Waals surface area contributed by atoms with Gasteiger partial charge in [0, 0.05) is 5.39 Å². The third-order valence-electron chi connectivity index (χ3n) is 4.51. The molecule has 0 bridgehead atoms. The normalized spacial score (nSPS) is 11.1. The summed E-state index contributed by atoms with van der Waals surface area (Å²) in [5, 5.41) is 7.68. The maximum absolute atomic E-state index is 12.4. The number of nitrogens with one attached hydrogen (secondary N) is 1. The fourth-order valence-electron chi connectivity index (χ4n) is 3.17. The number of hydrogen-bond donors (Lipinski definition) is 1. The Kier molecular flexibility index (Phi) is 3.83. The van der Waals surface area contributed by atoms with Crippen LogP contribution >= 0.6 is 0 Å². The molecule has 0 aliphatic heterocycles. The molecule has 0 spiro atoms. The molecule has 2 aromatic carbocycles. The van der Waals surface area contributed by atoms with Crippen LogP contribution in [0.4, 0.5) is 5.69 Å². The van der Waals surface area contributed by atoms with Gasteiger partial charge in [-0.05, 0) is 36.4 Å². The minimum atomic E-state index is -0.179. The summed E-state index contributed by atoms with van der Waals surface area (Å²) < 4.78 is 7.15. The van der Waals surface area contributed by atoms with Crippen molar-refractivity contribution in [3.8, 4) is 5.82 Å². The van der Waals surface area contributed by atoms with Crippen molar-refractivity contribution in [1.82, 2.24) is 19.7 Å². The van der Waals surface area contributed by atoms with Gasteiger partial charge in [-0.15, -0.1) is 0 Å². The van der Waals surface area contributed by atoms with E-state index in [-0.39, 0.29) is 12.3 Å². The number of amides is 1. The van der Waals surface area contributed by atoms with Crippen LogP contribution in [0.2, 0.25) is 0 Å². The highest BCUT2D eigenvalue weighted by atomic mass is 16.5. The van der Waals surface area contributed by atoms with E-state index in [1.54, 1.807) is 12.5 Å². The molecule has 28 heavy (non-hydrogen) atoms. The number of anilines is 1. The Morgan fingerprint density at radius 2 is 1.86 bits per heavy atom. The molecule has 1 amide bonds. The van der Waals surface area contributed by atoms with Gasteiger partial charge in [-0.25, -0.2) is 9.97 Å². The molecule has 0 fully saturated rings. The van der Waals surface area contributed by atoms with Crippen LogP contribution in [-0.4, -0.2) is 25.6 Å². The van der Waals surface area contributed by atoms with E-state index in [1.165, 1.54) is 0 Å². The third kappa shape index (κ3) is 2.88. The number of benzene rings is 2. The summed E-state index contributed by atoms with van der Waals surface area (Å²) in [5.74, 6) is 0.552. The van der Waals surface area contributed by atoms with Crippen molar-refractivity contribution >= 4 is 33.6 Å². The Balaban J connectivity index is 1.33. The molecule has 0 aliphatic carbocycles. The molecule has 0 radical (unpaired) electrons. The zero-order valence-corrected chi connectivity index (χ0v) is 14.7. The zero-order chi connectivity index (χ0) is 18.9. The SMILES string of the molecule is O=C(Cc1noc2ccccc12)Nc1ccc(-n2cnc3ccccc32)nc1. The van der Waals surface area contributed by atoms with Gasteiger partial charge in [-0.2, -0.15) is 0 Å². The molecule has 0 saturated heterocycles. The average molecular weight is 369 g/mol. The maximum Gasteiger partial charge on any atom is 0.230 e. The maximum atomic E-state index is 12.4. The summed E-state index contributed by atoms with van der Waals surface area (Å²) in [6.07, 6.45) is 3.49. The summed E-state index contributed by atoms with van der Waals surface area (Å²) in [6.45, 7) is 0. The summed E-state index contributed by atoms with van der Waals surface area (Å²) in [5.41, 5.74) is 3.78. The molecule has 7 heteroatoms. The van der Waals surface area contributed by atoms with Crippen LogP contribution in [0.15, 0.2) is 77.7 Å². The fraction of sp³-hybridized carbons (Fsp3) is 0.0476. The van der Waals surface area contributed by atoms with E-state index in [4.69, 9.17) is 4.52 Å². The van der Waals surface area contributed by atoms with Crippen LogP contribution in [0.3, 0.4) is 0 Å². The number of aromatic nitrogens is 4. The van der Waals surface area contributed by atoms with Crippen LogP contribution in [0.5, 0.6) is 0 Å². The Labute approximate surface area is 159 Å². The summed E-state index contributed by atoms with van der Waals surface area (Å²) in [7, 11) is 0. The fourth-order valence-corrected chi connectivity index (χ4v) is 3.17. The van der Waals surface area contributed by atoms with Gasteiger partial charge >= 0.3 is 0 Å². The van der Waals surface area contributed by atoms with Crippen LogP contribution in [0.25, 0.3) is 27.8 Å². The summed E-state index contributed by atoms with van der Waals surface area (Å²) in [6, 6.07) is 19.0. The number of pyridine rings is 1. The van der Waals surface area contributed by atoms with Crippen molar-refractivity contribution in [3.05, 3.63) is 78.9 Å². The first-order valence-corrected chi connectivity index (χ1v) is 8.79. The lowest BCUT2D eigenvalue weighted by molar-refractivity contribution is -0.115. The van der Waals surface area contributed by atoms with Crippen molar-refractivity contribution in [2.24, 2.45) is 0 Å². The second-order valence-corrected chi connectivity index (χ2v) is 6.36. The first-order valence-electron chi connectivity index (χ1n) is 8.79. The molecule has 3 aromatic heterocycles. The number of fused-ring (bicyclic) bond motifs is 2. The molecule has 3 heterocycles. The van der Waals surface area contributed by atoms with E-state index in [1.807, 2.05) is 65.2 Å². The topological polar surface area (TPSA) is 85.8 Å². The molecule has 7 nitrogen and oxygen atoms in total. The molecule has 136 valence electrons. The number of rotatable bonds is 4. The molecule has 0 saturated carbocycles. The third-order valence-corrected chi connectivity index (χ3v) is 4.51. The van der Waals surface area contributed by atoms with E-state index in [2.05, 4.69) is 20.4 Å². The smallest absolute Gasteiger partial charge is 0.230 e. The Hall–Kier alpha value is -4.00. The highest BCUT2D eigenvalue weighted by molar-refractivity contribution is 5.94. The van der Waals surface area contributed by atoms with Crippen molar-refractivity contribution < 1.29 is 9.32 Å². The van der Waals surface area contributed by atoms with Gasteiger partial charge in [0.05, 0.1) is 29.3 Å². The van der Waals surface area contributed by atoms with Crippen LogP contribution in [-0.2, 0) is 11.2 Å². The van der Waals surface area contributed by atoms with Crippen LogP contribution in [0, 0.1) is 0 Å². The number of para-hydroxylation sites is 3. The first kappa shape index (κ1) is 16.2. The van der Waals surface area contributed by atoms with Crippen molar-refractivity contribution in [2.45, 2.75) is 6.42 Å². The van der Waals surface area contributed by atoms with Crippen LogP contribution in [0.1, 0.15) is 5.69 Å². The van der Waals surface area contributed by atoms with E-state index >= 15 is 0 Å². The van der Waals surface area contributed by atoms with E-state index in [0.29, 0.717) is 17.0 Å². The number of imidazole rings is 1. The lowest BCUT2D eigenvalue weighted by atomic mass is 10.1. The van der Waals surface area contributed by atoms with Gasteiger partial charge in [0.2, 0.25) is 5.91 Å². The molecule has 0 aliphatic rings. The number of carbonyl (C=O) groups is 1. The molecule has 5 rings (SSSR count). The molecule has 5 aromatic rings. The van der Waals surface area contributed by atoms with Gasteiger partial charge in [0.25, 0.3) is 0 Å². The summed E-state index contributed by atoms with van der Waals surface area (Å²) >= 11 is 0. The monoisotopic (exact) mass is 369 g/mol. The standard InChI is InChI=1S/C21H15N5O2/c27-21(11-17-15-5-1-4-8-19(15)28-25-17)24-14-9-10-20(22-12-14)26-13-23-16-6-2-3-7-18(16)26/h1-10,12-13H,11H2,(H,24,27). The lowest BCUT2D eigenvalue weighted by Crippen LogP contribution is -2.15. The Morgan fingerprint density at radius 3 is 2.75 bits per heavy atom. The van der Waals surface area contributed by atoms with Crippen molar-refractivity contribution in [3.63, 3.8) is 0 Å². The largest absolute Gasteiger partial charge is 0.356 e. The van der Waals surface area contributed by atoms with Gasteiger partial charge < -0.3 is 9.84 Å². The molecule has 0 atom stereocenters. The van der Waals surface area contributed by atoms with Crippen molar-refractivity contribution in [2.75, 3.05) is 5.32 Å². The number of hydrogen-bond acceptors (Lipinski definition) is 5. The van der Waals surface area contributed by atoms with E-state index in [0.717, 1.165) is 22.2 Å². The van der Waals surface area contributed by atoms with E-state index in [9.17, 15) is 4.79 Å². The second-order valence-electron chi connectivity index (χ2n) is 6.36. The lowest BCUT2D eigenvalue weighted by Gasteiger charge is -2.06. The van der Waals surface area contributed by atoms with E-state index < -0.39 is 0 Å². The van der Waals surface area contributed by atoms with Crippen LogP contribution < -0.4 is 5.32 Å². The summed E-state index contributed by atoms with van der Waals surface area (Å²) in [4.78, 5) is 21.2. The second kappa shape index (κ2) is 6.62. The zero-order valence-electron chi connectivity index (χ0n) is 14.7. The molecule has 0 unspecified atom stereocenters. The average Bonchev–Trinajstić information content (AvgIpc) is 3.33. The van der Waals surface area contributed by atoms with Crippen molar-refractivity contribution in [1.29, 1.82) is 0 Å². The Bertz CT molecular complexity index is 1290. The first-order chi connectivity index (χ1) is 13.8. The van der Waals surface area contributed by atoms with Gasteiger partial charge in [-0.3, -0.25) is 9.36 Å². The van der Waals surface area contributed by atoms with Gasteiger partial charge in [0.1, 0.15) is 17.8 Å². The quantitative estimate of drug-likeness (QED) is 0.521. The molecular weight excluding hydrogens is 354 g/mol. The molecular formula is C21H15N5O2. The highest BCUT2D eigenvalue weighted by Crippen LogP contribution is 2.20. The minimum absolute atomic E-state index is 0.130. The van der Waals surface area contributed by atoms with Gasteiger partial charge in [0.15, 0.2) is 5.58 Å². The minimum Gasteiger partial charge on any atom is -0.356 e. The molecule has 1 N–H and O–H groups in total. The highest BCUT2D eigenvalue weighted by Gasteiger charge is 2.12. The Morgan fingerprint density at radius 1 is 1.00 bits per heavy atom. The predicted octanol–water partition coefficient (Wildman–Crippen LogP) is 3.74. The predicted molar refractivity (Wildman–Crippen MR) is 105 cm³/mol. The van der Waals surface area contributed by atoms with Gasteiger partial charge in [-0.1, -0.05) is 29.4 Å².